The number of benzene rings is 3. The second-order valence-corrected chi connectivity index (χ2v) is 7.76. The summed E-state index contributed by atoms with van der Waals surface area (Å²) in [5.74, 6) is -3.15. The number of carbonyl (C=O) groups is 5. The van der Waals surface area contributed by atoms with Crippen LogP contribution in [0.3, 0.4) is 0 Å². The van der Waals surface area contributed by atoms with Gasteiger partial charge in [0.2, 0.25) is 0 Å². The summed E-state index contributed by atoms with van der Waals surface area (Å²) < 4.78 is 9.69. The fourth-order valence-electron chi connectivity index (χ4n) is 3.48. The zero-order chi connectivity index (χ0) is 25.1. The van der Waals surface area contributed by atoms with Gasteiger partial charge in [-0.3, -0.25) is 14.4 Å². The van der Waals surface area contributed by atoms with Gasteiger partial charge in [0.25, 0.3) is 17.7 Å². The minimum atomic E-state index is -0.829. The first-order valence-electron chi connectivity index (χ1n) is 10.2. The molecule has 0 radical (unpaired) electrons. The van der Waals surface area contributed by atoms with Crippen LogP contribution in [0.2, 0.25) is 5.02 Å². The van der Waals surface area contributed by atoms with Crippen LogP contribution in [0, 0.1) is 0 Å². The van der Waals surface area contributed by atoms with Gasteiger partial charge in [0.05, 0.1) is 40.1 Å². The lowest BCUT2D eigenvalue weighted by atomic mass is 10.1. The van der Waals surface area contributed by atoms with Crippen LogP contribution in [0.5, 0.6) is 0 Å². The summed E-state index contributed by atoms with van der Waals surface area (Å²) in [7, 11) is 1.20. The highest BCUT2D eigenvalue weighted by molar-refractivity contribution is 6.34. The number of methoxy groups -OCH3 is 1. The van der Waals surface area contributed by atoms with Crippen LogP contribution in [0.25, 0.3) is 0 Å². The van der Waals surface area contributed by atoms with Gasteiger partial charge in [0, 0.05) is 5.69 Å². The molecule has 176 valence electrons. The van der Waals surface area contributed by atoms with Crippen molar-refractivity contribution in [3.05, 3.63) is 94.0 Å². The SMILES string of the molecule is COC(=O)c1cc(NC(=O)COC(=O)c2cccc(N3C(=O)c4ccccc4C3=O)c2)ccc1Cl. The third kappa shape index (κ3) is 4.75. The zero-order valence-electron chi connectivity index (χ0n) is 18.2. The summed E-state index contributed by atoms with van der Waals surface area (Å²) in [6.07, 6.45) is 0. The van der Waals surface area contributed by atoms with E-state index in [9.17, 15) is 24.0 Å². The number of imide groups is 1. The second-order valence-electron chi connectivity index (χ2n) is 7.35. The van der Waals surface area contributed by atoms with Crippen molar-refractivity contribution in [2.45, 2.75) is 0 Å². The lowest BCUT2D eigenvalue weighted by Gasteiger charge is -2.15. The molecule has 3 amide bonds. The van der Waals surface area contributed by atoms with E-state index in [1.807, 2.05) is 0 Å². The van der Waals surface area contributed by atoms with Gasteiger partial charge in [-0.25, -0.2) is 14.5 Å². The van der Waals surface area contributed by atoms with E-state index in [4.69, 9.17) is 16.3 Å². The Hall–Kier alpha value is -4.50. The lowest BCUT2D eigenvalue weighted by molar-refractivity contribution is -0.119. The van der Waals surface area contributed by atoms with Gasteiger partial charge in [0.15, 0.2) is 6.61 Å². The Morgan fingerprint density at radius 2 is 1.57 bits per heavy atom. The predicted molar refractivity (Wildman–Crippen MR) is 126 cm³/mol. The molecule has 0 atom stereocenters. The topological polar surface area (TPSA) is 119 Å². The first-order valence-corrected chi connectivity index (χ1v) is 10.6. The fourth-order valence-corrected chi connectivity index (χ4v) is 3.67. The third-order valence-corrected chi connectivity index (χ3v) is 5.45. The summed E-state index contributed by atoms with van der Waals surface area (Å²) in [5.41, 5.74) is 1.12. The Morgan fingerprint density at radius 3 is 2.23 bits per heavy atom. The van der Waals surface area contributed by atoms with E-state index in [0.29, 0.717) is 0 Å². The van der Waals surface area contributed by atoms with Gasteiger partial charge >= 0.3 is 11.9 Å². The van der Waals surface area contributed by atoms with E-state index in [1.165, 1.54) is 49.6 Å². The van der Waals surface area contributed by atoms with Gasteiger partial charge in [-0.05, 0) is 48.5 Å². The molecule has 4 rings (SSSR count). The molecular weight excluding hydrogens is 476 g/mol. The van der Waals surface area contributed by atoms with Crippen LogP contribution in [-0.2, 0) is 14.3 Å². The number of amides is 3. The Balaban J connectivity index is 1.41. The number of nitrogens with zero attached hydrogens (tertiary/aromatic N) is 1. The van der Waals surface area contributed by atoms with E-state index >= 15 is 0 Å². The van der Waals surface area contributed by atoms with E-state index < -0.39 is 36.3 Å². The van der Waals surface area contributed by atoms with Crippen molar-refractivity contribution >= 4 is 52.6 Å². The highest BCUT2D eigenvalue weighted by atomic mass is 35.5. The molecule has 0 unspecified atom stereocenters. The predicted octanol–water partition coefficient (Wildman–Crippen LogP) is 3.72. The van der Waals surface area contributed by atoms with Crippen molar-refractivity contribution in [1.29, 1.82) is 0 Å². The zero-order valence-corrected chi connectivity index (χ0v) is 19.0. The number of anilines is 2. The molecule has 9 nitrogen and oxygen atoms in total. The Labute approximate surface area is 204 Å². The average Bonchev–Trinajstić information content (AvgIpc) is 3.13. The van der Waals surface area contributed by atoms with Crippen molar-refractivity contribution in [1.82, 2.24) is 0 Å². The molecule has 3 aromatic rings. The van der Waals surface area contributed by atoms with Crippen molar-refractivity contribution < 1.29 is 33.4 Å². The monoisotopic (exact) mass is 492 g/mol. The number of carbonyl (C=O) groups excluding carboxylic acids is 5. The van der Waals surface area contributed by atoms with E-state index in [1.54, 1.807) is 24.3 Å². The maximum absolute atomic E-state index is 12.7. The quantitative estimate of drug-likeness (QED) is 0.411. The smallest absolute Gasteiger partial charge is 0.339 e. The lowest BCUT2D eigenvalue weighted by Crippen LogP contribution is -2.29. The molecule has 1 aliphatic heterocycles. The minimum Gasteiger partial charge on any atom is -0.465 e. The van der Waals surface area contributed by atoms with Crippen LogP contribution >= 0.6 is 11.6 Å². The maximum atomic E-state index is 12.7. The van der Waals surface area contributed by atoms with Gasteiger partial charge < -0.3 is 14.8 Å². The number of nitrogens with one attached hydrogen (secondary N) is 1. The standard InChI is InChI=1S/C25H17ClN2O7/c1-34-25(33)19-12-15(9-10-20(19)26)27-21(29)13-35-24(32)14-5-4-6-16(11-14)28-22(30)17-7-2-3-8-18(17)23(28)31/h2-12H,13H2,1H3,(H,27,29). The van der Waals surface area contributed by atoms with Crippen LogP contribution < -0.4 is 10.2 Å². The van der Waals surface area contributed by atoms with Gasteiger partial charge in [0.1, 0.15) is 0 Å². The summed E-state index contributed by atoms with van der Waals surface area (Å²) in [6, 6.07) is 16.4. The van der Waals surface area contributed by atoms with E-state index in [0.717, 1.165) is 4.90 Å². The Kier molecular flexibility index (Phi) is 6.61. The second kappa shape index (κ2) is 9.78. The van der Waals surface area contributed by atoms with E-state index in [2.05, 4.69) is 10.1 Å². The maximum Gasteiger partial charge on any atom is 0.339 e. The number of rotatable bonds is 6. The Bertz CT molecular complexity index is 1350. The number of hydrogen-bond acceptors (Lipinski definition) is 7. The largest absolute Gasteiger partial charge is 0.465 e. The molecule has 0 saturated carbocycles. The molecule has 3 aromatic carbocycles. The summed E-state index contributed by atoms with van der Waals surface area (Å²) >= 11 is 5.95. The van der Waals surface area contributed by atoms with Crippen molar-refractivity contribution in [2.75, 3.05) is 23.9 Å². The Morgan fingerprint density at radius 1 is 0.886 bits per heavy atom. The normalized spacial score (nSPS) is 12.2. The third-order valence-electron chi connectivity index (χ3n) is 5.12. The molecule has 10 heteroatoms. The van der Waals surface area contributed by atoms with Crippen LogP contribution in [0.4, 0.5) is 11.4 Å². The van der Waals surface area contributed by atoms with E-state index in [-0.39, 0.29) is 38.7 Å². The molecule has 1 aliphatic rings. The number of halogens is 1. The van der Waals surface area contributed by atoms with Gasteiger partial charge in [-0.15, -0.1) is 0 Å². The minimum absolute atomic E-state index is 0.0475. The van der Waals surface area contributed by atoms with Crippen LogP contribution in [-0.4, -0.2) is 43.4 Å². The van der Waals surface area contributed by atoms with Gasteiger partial charge in [-0.2, -0.15) is 0 Å². The highest BCUT2D eigenvalue weighted by Crippen LogP contribution is 2.29. The summed E-state index contributed by atoms with van der Waals surface area (Å²) in [4.78, 5) is 62.8. The molecule has 1 heterocycles. The molecule has 0 fully saturated rings. The molecule has 0 bridgehead atoms. The fraction of sp³-hybridized carbons (Fsp3) is 0.0800. The molecule has 0 aromatic heterocycles. The first-order chi connectivity index (χ1) is 16.8. The molecule has 0 aliphatic carbocycles. The number of fused-ring (bicyclic) bond motifs is 1. The molecule has 35 heavy (non-hydrogen) atoms. The molecular formula is C25H17ClN2O7. The first kappa shape index (κ1) is 23.7. The van der Waals surface area contributed by atoms with Crippen molar-refractivity contribution in [3.8, 4) is 0 Å². The number of ether oxygens (including phenoxy) is 2. The molecule has 0 saturated heterocycles. The van der Waals surface area contributed by atoms with Crippen LogP contribution in [0.1, 0.15) is 41.4 Å². The average molecular weight is 493 g/mol. The molecule has 0 spiro atoms. The highest BCUT2D eigenvalue weighted by Gasteiger charge is 2.36. The summed E-state index contributed by atoms with van der Waals surface area (Å²) in [6.45, 7) is -0.619. The van der Waals surface area contributed by atoms with Gasteiger partial charge in [-0.1, -0.05) is 29.8 Å². The van der Waals surface area contributed by atoms with Crippen LogP contribution in [0.15, 0.2) is 66.7 Å². The number of esters is 2. The van der Waals surface area contributed by atoms with Crippen molar-refractivity contribution in [3.63, 3.8) is 0 Å². The number of hydrogen-bond donors (Lipinski definition) is 1. The molecule has 1 N–H and O–H groups in total. The van der Waals surface area contributed by atoms with Crippen molar-refractivity contribution in [2.24, 2.45) is 0 Å². The summed E-state index contributed by atoms with van der Waals surface area (Å²) in [5, 5.41) is 2.65.